The van der Waals surface area contributed by atoms with Crippen LogP contribution >= 0.6 is 11.6 Å². The number of rotatable bonds is 8. The van der Waals surface area contributed by atoms with Crippen molar-refractivity contribution >= 4 is 23.5 Å². The van der Waals surface area contributed by atoms with E-state index in [4.69, 9.17) is 11.6 Å². The van der Waals surface area contributed by atoms with Gasteiger partial charge in [0.2, 0.25) is 5.95 Å². The van der Waals surface area contributed by atoms with Crippen LogP contribution in [0.25, 0.3) is 0 Å². The van der Waals surface area contributed by atoms with Crippen molar-refractivity contribution in [3.8, 4) is 0 Å². The Morgan fingerprint density at radius 1 is 1.21 bits per heavy atom. The van der Waals surface area contributed by atoms with Gasteiger partial charge in [0, 0.05) is 30.5 Å². The molecular weight excluding hydrogens is 324 g/mol. The maximum absolute atomic E-state index is 11.9. The standard InChI is InChI=1S/C18H23ClN4O/c1-13(2)6-8-20-17(24)15-11-22-18(23-12-15)21-9-7-14-4-3-5-16(19)10-14/h3-5,10-13H,6-9H2,1-2H3,(H,20,24)(H,21,22,23). The topological polar surface area (TPSA) is 66.9 Å². The fourth-order valence-corrected chi connectivity index (χ4v) is 2.34. The van der Waals surface area contributed by atoms with Gasteiger partial charge in [-0.05, 0) is 36.5 Å². The average Bonchev–Trinajstić information content (AvgIpc) is 2.55. The molecular formula is C18H23ClN4O. The minimum atomic E-state index is -0.138. The number of carbonyl (C=O) groups excluding carboxylic acids is 1. The molecule has 24 heavy (non-hydrogen) atoms. The summed E-state index contributed by atoms with van der Waals surface area (Å²) in [5.74, 6) is 0.935. The van der Waals surface area contributed by atoms with Crippen LogP contribution in [0.1, 0.15) is 36.2 Å². The lowest BCUT2D eigenvalue weighted by Crippen LogP contribution is -2.25. The van der Waals surface area contributed by atoms with E-state index < -0.39 is 0 Å². The van der Waals surface area contributed by atoms with Crippen molar-refractivity contribution in [3.63, 3.8) is 0 Å². The molecule has 0 radical (unpaired) electrons. The van der Waals surface area contributed by atoms with Crippen LogP contribution in [-0.2, 0) is 6.42 Å². The van der Waals surface area contributed by atoms with E-state index in [1.54, 1.807) is 12.4 Å². The minimum absolute atomic E-state index is 0.138. The molecule has 1 aromatic heterocycles. The van der Waals surface area contributed by atoms with Crippen LogP contribution in [-0.4, -0.2) is 29.0 Å². The van der Waals surface area contributed by atoms with Crippen molar-refractivity contribution < 1.29 is 4.79 Å². The highest BCUT2D eigenvalue weighted by molar-refractivity contribution is 6.30. The smallest absolute Gasteiger partial charge is 0.254 e. The summed E-state index contributed by atoms with van der Waals surface area (Å²) in [5, 5.41) is 6.74. The molecule has 2 N–H and O–H groups in total. The van der Waals surface area contributed by atoms with Gasteiger partial charge in [-0.2, -0.15) is 0 Å². The summed E-state index contributed by atoms with van der Waals surface area (Å²) < 4.78 is 0. The Morgan fingerprint density at radius 2 is 1.96 bits per heavy atom. The zero-order valence-corrected chi connectivity index (χ0v) is 14.8. The first kappa shape index (κ1) is 18.2. The summed E-state index contributed by atoms with van der Waals surface area (Å²) in [6, 6.07) is 7.75. The van der Waals surface area contributed by atoms with Crippen LogP contribution in [0.5, 0.6) is 0 Å². The molecule has 0 saturated carbocycles. The van der Waals surface area contributed by atoms with Gasteiger partial charge in [0.25, 0.3) is 5.91 Å². The molecule has 2 aromatic rings. The minimum Gasteiger partial charge on any atom is -0.354 e. The van der Waals surface area contributed by atoms with Crippen LogP contribution in [0.4, 0.5) is 5.95 Å². The number of hydrogen-bond acceptors (Lipinski definition) is 4. The zero-order valence-electron chi connectivity index (χ0n) is 14.1. The van der Waals surface area contributed by atoms with Crippen LogP contribution < -0.4 is 10.6 Å². The van der Waals surface area contributed by atoms with Gasteiger partial charge in [-0.25, -0.2) is 9.97 Å². The Kier molecular flexibility index (Phi) is 7.00. The molecule has 1 aromatic carbocycles. The van der Waals surface area contributed by atoms with Gasteiger partial charge in [0.05, 0.1) is 5.56 Å². The van der Waals surface area contributed by atoms with Crippen LogP contribution in [0.3, 0.4) is 0 Å². The molecule has 2 rings (SSSR count). The van der Waals surface area contributed by atoms with Gasteiger partial charge in [-0.15, -0.1) is 0 Å². The SMILES string of the molecule is CC(C)CCNC(=O)c1cnc(NCCc2cccc(Cl)c2)nc1. The fraction of sp³-hybridized carbons (Fsp3) is 0.389. The third kappa shape index (κ3) is 6.16. The monoisotopic (exact) mass is 346 g/mol. The van der Waals surface area contributed by atoms with E-state index in [0.717, 1.165) is 23.4 Å². The number of hydrogen-bond donors (Lipinski definition) is 2. The summed E-state index contributed by atoms with van der Waals surface area (Å²) in [7, 11) is 0. The van der Waals surface area contributed by atoms with Gasteiger partial charge in [0.15, 0.2) is 0 Å². The summed E-state index contributed by atoms with van der Waals surface area (Å²) in [6.45, 7) is 5.61. The van der Waals surface area contributed by atoms with E-state index in [0.29, 0.717) is 30.5 Å². The van der Waals surface area contributed by atoms with E-state index in [1.807, 2.05) is 24.3 Å². The van der Waals surface area contributed by atoms with Crippen molar-refractivity contribution in [1.82, 2.24) is 15.3 Å². The zero-order chi connectivity index (χ0) is 17.4. The van der Waals surface area contributed by atoms with Gasteiger partial charge in [0.1, 0.15) is 0 Å². The van der Waals surface area contributed by atoms with Gasteiger partial charge >= 0.3 is 0 Å². The van der Waals surface area contributed by atoms with Gasteiger partial charge < -0.3 is 10.6 Å². The molecule has 0 bridgehead atoms. The number of carbonyl (C=O) groups is 1. The van der Waals surface area contributed by atoms with E-state index in [2.05, 4.69) is 34.4 Å². The molecule has 0 aliphatic carbocycles. The third-order valence-corrected chi connectivity index (χ3v) is 3.74. The predicted octanol–water partition coefficient (Wildman–Crippen LogP) is 3.56. The Hall–Kier alpha value is -2.14. The number of aromatic nitrogens is 2. The highest BCUT2D eigenvalue weighted by Gasteiger charge is 2.07. The van der Waals surface area contributed by atoms with E-state index in [-0.39, 0.29) is 5.91 Å². The van der Waals surface area contributed by atoms with Crippen molar-refractivity contribution in [2.75, 3.05) is 18.4 Å². The molecule has 0 saturated heterocycles. The highest BCUT2D eigenvalue weighted by atomic mass is 35.5. The molecule has 1 heterocycles. The van der Waals surface area contributed by atoms with E-state index in [9.17, 15) is 4.79 Å². The predicted molar refractivity (Wildman–Crippen MR) is 97.5 cm³/mol. The Labute approximate surface area is 147 Å². The first-order chi connectivity index (χ1) is 11.5. The lowest BCUT2D eigenvalue weighted by atomic mass is 10.1. The second-order valence-electron chi connectivity index (χ2n) is 6.04. The number of nitrogens with zero attached hydrogens (tertiary/aromatic N) is 2. The van der Waals surface area contributed by atoms with E-state index >= 15 is 0 Å². The van der Waals surface area contributed by atoms with Crippen LogP contribution in [0.15, 0.2) is 36.7 Å². The Morgan fingerprint density at radius 3 is 2.62 bits per heavy atom. The summed E-state index contributed by atoms with van der Waals surface area (Å²) >= 11 is 5.96. The summed E-state index contributed by atoms with van der Waals surface area (Å²) in [4.78, 5) is 20.3. The first-order valence-corrected chi connectivity index (χ1v) is 8.51. The number of benzene rings is 1. The second-order valence-corrected chi connectivity index (χ2v) is 6.48. The van der Waals surface area contributed by atoms with Crippen molar-refractivity contribution in [2.24, 2.45) is 5.92 Å². The molecule has 0 spiro atoms. The summed E-state index contributed by atoms with van der Waals surface area (Å²) in [5.41, 5.74) is 1.62. The molecule has 0 fully saturated rings. The van der Waals surface area contributed by atoms with Crippen molar-refractivity contribution in [3.05, 3.63) is 52.8 Å². The summed E-state index contributed by atoms with van der Waals surface area (Å²) in [6.07, 6.45) is 4.86. The molecule has 5 nitrogen and oxygen atoms in total. The van der Waals surface area contributed by atoms with Crippen molar-refractivity contribution in [1.29, 1.82) is 0 Å². The molecule has 6 heteroatoms. The van der Waals surface area contributed by atoms with Crippen LogP contribution in [0, 0.1) is 5.92 Å². The normalized spacial score (nSPS) is 10.7. The number of halogens is 1. The van der Waals surface area contributed by atoms with Gasteiger partial charge in [-0.3, -0.25) is 4.79 Å². The quantitative estimate of drug-likeness (QED) is 0.767. The highest BCUT2D eigenvalue weighted by Crippen LogP contribution is 2.11. The third-order valence-electron chi connectivity index (χ3n) is 3.51. The first-order valence-electron chi connectivity index (χ1n) is 8.13. The number of amides is 1. The largest absolute Gasteiger partial charge is 0.354 e. The maximum atomic E-state index is 11.9. The number of nitrogens with one attached hydrogen (secondary N) is 2. The molecule has 0 aliphatic heterocycles. The van der Waals surface area contributed by atoms with Crippen LogP contribution in [0.2, 0.25) is 5.02 Å². The molecule has 128 valence electrons. The number of anilines is 1. The molecule has 0 atom stereocenters. The van der Waals surface area contributed by atoms with Crippen molar-refractivity contribution in [2.45, 2.75) is 26.7 Å². The fourth-order valence-electron chi connectivity index (χ4n) is 2.12. The second kappa shape index (κ2) is 9.23. The lowest BCUT2D eigenvalue weighted by molar-refractivity contribution is 0.0951. The lowest BCUT2D eigenvalue weighted by Gasteiger charge is -2.08. The Bertz CT molecular complexity index is 658. The Balaban J connectivity index is 1.78. The molecule has 0 unspecified atom stereocenters. The molecule has 0 aliphatic rings. The van der Waals surface area contributed by atoms with E-state index in [1.165, 1.54) is 0 Å². The maximum Gasteiger partial charge on any atom is 0.254 e. The molecule has 1 amide bonds. The van der Waals surface area contributed by atoms with Gasteiger partial charge in [-0.1, -0.05) is 37.6 Å². The average molecular weight is 347 g/mol.